The van der Waals surface area contributed by atoms with Gasteiger partial charge in [0.1, 0.15) is 0 Å². The number of hydrogen-bond donors (Lipinski definition) is 1. The Morgan fingerprint density at radius 2 is 1.75 bits per heavy atom. The second-order valence-corrected chi connectivity index (χ2v) is 9.65. The zero-order valence-electron chi connectivity index (χ0n) is 15.3. The Morgan fingerprint density at radius 3 is 2.39 bits per heavy atom. The van der Waals surface area contributed by atoms with Crippen molar-refractivity contribution in [2.45, 2.75) is 43.2 Å². The molecule has 0 aromatic heterocycles. The maximum absolute atomic E-state index is 13.2. The van der Waals surface area contributed by atoms with Gasteiger partial charge in [0, 0.05) is 22.6 Å². The highest BCUT2D eigenvalue weighted by Crippen LogP contribution is 2.25. The fourth-order valence-corrected chi connectivity index (χ4v) is 5.17. The topological polar surface area (TPSA) is 66.5 Å². The molecule has 0 bridgehead atoms. The van der Waals surface area contributed by atoms with Gasteiger partial charge < -0.3 is 5.32 Å². The van der Waals surface area contributed by atoms with E-state index in [4.69, 9.17) is 23.2 Å². The molecule has 0 radical (unpaired) electrons. The van der Waals surface area contributed by atoms with Crippen LogP contribution in [0.15, 0.2) is 53.4 Å². The van der Waals surface area contributed by atoms with Gasteiger partial charge in [0.05, 0.1) is 11.4 Å². The third kappa shape index (κ3) is 5.26. The zero-order chi connectivity index (χ0) is 20.1. The molecule has 2 aromatic carbocycles. The summed E-state index contributed by atoms with van der Waals surface area (Å²) in [6, 6.07) is 13.1. The Labute approximate surface area is 175 Å². The molecule has 0 aliphatic heterocycles. The lowest BCUT2D eigenvalue weighted by atomic mass is 10.2. The van der Waals surface area contributed by atoms with Crippen molar-refractivity contribution in [2.24, 2.45) is 0 Å². The van der Waals surface area contributed by atoms with Gasteiger partial charge in [-0.2, -0.15) is 4.31 Å². The number of nitrogens with zero attached hydrogens (tertiary/aromatic N) is 1. The van der Waals surface area contributed by atoms with Crippen molar-refractivity contribution >= 4 is 39.1 Å². The van der Waals surface area contributed by atoms with Crippen molar-refractivity contribution in [1.29, 1.82) is 0 Å². The second kappa shape index (κ2) is 9.27. The van der Waals surface area contributed by atoms with E-state index in [2.05, 4.69) is 5.32 Å². The molecule has 1 N–H and O–H groups in total. The molecular formula is C20H22Cl2N2O3S. The minimum Gasteiger partial charge on any atom is -0.352 e. The average molecular weight is 441 g/mol. The highest BCUT2D eigenvalue weighted by Gasteiger charge is 2.28. The smallest absolute Gasteiger partial charge is 0.243 e. The number of carbonyl (C=O) groups is 1. The summed E-state index contributed by atoms with van der Waals surface area (Å²) >= 11 is 12.2. The Bertz CT molecular complexity index is 930. The lowest BCUT2D eigenvalue weighted by Gasteiger charge is -2.23. The molecular weight excluding hydrogens is 419 g/mol. The van der Waals surface area contributed by atoms with Crippen molar-refractivity contribution in [3.8, 4) is 0 Å². The number of nitrogens with one attached hydrogen (secondary N) is 1. The van der Waals surface area contributed by atoms with Gasteiger partial charge in [-0.25, -0.2) is 8.42 Å². The number of benzene rings is 2. The molecule has 2 aromatic rings. The number of hydrogen-bond acceptors (Lipinski definition) is 3. The van der Waals surface area contributed by atoms with Crippen LogP contribution in [-0.4, -0.2) is 31.2 Å². The predicted octanol–water partition coefficient (Wildman–Crippen LogP) is 4.24. The van der Waals surface area contributed by atoms with Crippen molar-refractivity contribution in [1.82, 2.24) is 9.62 Å². The fraction of sp³-hybridized carbons (Fsp3) is 0.350. The third-order valence-corrected chi connectivity index (χ3v) is 7.18. The molecule has 1 fully saturated rings. The molecule has 28 heavy (non-hydrogen) atoms. The van der Waals surface area contributed by atoms with Crippen LogP contribution in [0.25, 0.3) is 0 Å². The minimum atomic E-state index is -3.87. The summed E-state index contributed by atoms with van der Waals surface area (Å²) in [5, 5.41) is 3.76. The van der Waals surface area contributed by atoms with Crippen LogP contribution in [0.2, 0.25) is 10.0 Å². The van der Waals surface area contributed by atoms with E-state index in [1.54, 1.807) is 36.4 Å². The normalized spacial score (nSPS) is 15.1. The van der Waals surface area contributed by atoms with Crippen molar-refractivity contribution < 1.29 is 13.2 Å². The molecule has 0 spiro atoms. The van der Waals surface area contributed by atoms with Gasteiger partial charge in [-0.1, -0.05) is 60.3 Å². The van der Waals surface area contributed by atoms with Gasteiger partial charge in [0.15, 0.2) is 0 Å². The quantitative estimate of drug-likeness (QED) is 0.699. The van der Waals surface area contributed by atoms with Gasteiger partial charge in [-0.3, -0.25) is 4.79 Å². The Balaban J connectivity index is 1.85. The Hall–Kier alpha value is -1.60. The standard InChI is InChI=1S/C20H22Cl2N2O3S/c21-16-11-10-15(19(22)12-16)13-24(14-20(25)23-17-6-4-5-7-17)28(26,27)18-8-2-1-3-9-18/h1-3,8-12,17H,4-7,13-14H2,(H,23,25). The number of rotatable bonds is 7. The molecule has 3 rings (SSSR count). The van der Waals surface area contributed by atoms with E-state index in [1.165, 1.54) is 12.1 Å². The van der Waals surface area contributed by atoms with Gasteiger partial charge in [-0.15, -0.1) is 0 Å². The maximum Gasteiger partial charge on any atom is 0.243 e. The van der Waals surface area contributed by atoms with Crippen LogP contribution in [-0.2, 0) is 21.4 Å². The van der Waals surface area contributed by atoms with Gasteiger partial charge in [0.2, 0.25) is 15.9 Å². The summed E-state index contributed by atoms with van der Waals surface area (Å²) in [6.45, 7) is -0.294. The van der Waals surface area contributed by atoms with Crippen LogP contribution in [0.4, 0.5) is 0 Å². The summed E-state index contributed by atoms with van der Waals surface area (Å²) in [6.07, 6.45) is 4.02. The first-order valence-electron chi connectivity index (χ1n) is 9.15. The molecule has 150 valence electrons. The SMILES string of the molecule is O=C(CN(Cc1ccc(Cl)cc1Cl)S(=O)(=O)c1ccccc1)NC1CCCC1. The largest absolute Gasteiger partial charge is 0.352 e. The average Bonchev–Trinajstić information content (AvgIpc) is 3.16. The summed E-state index contributed by atoms with van der Waals surface area (Å²) in [7, 11) is -3.87. The van der Waals surface area contributed by atoms with Gasteiger partial charge >= 0.3 is 0 Å². The Kier molecular flexibility index (Phi) is 6.99. The molecule has 1 amide bonds. The molecule has 1 aliphatic carbocycles. The molecule has 0 unspecified atom stereocenters. The first-order chi connectivity index (χ1) is 13.4. The molecule has 0 heterocycles. The van der Waals surface area contributed by atoms with E-state index in [-0.39, 0.29) is 29.9 Å². The summed E-state index contributed by atoms with van der Waals surface area (Å²) in [4.78, 5) is 12.7. The second-order valence-electron chi connectivity index (χ2n) is 6.87. The number of carbonyl (C=O) groups excluding carboxylic acids is 1. The monoisotopic (exact) mass is 440 g/mol. The zero-order valence-corrected chi connectivity index (χ0v) is 17.6. The number of amides is 1. The highest BCUT2D eigenvalue weighted by atomic mass is 35.5. The molecule has 1 saturated carbocycles. The van der Waals surface area contributed by atoms with E-state index < -0.39 is 10.0 Å². The highest BCUT2D eigenvalue weighted by molar-refractivity contribution is 7.89. The third-order valence-electron chi connectivity index (χ3n) is 4.78. The van der Waals surface area contributed by atoms with E-state index in [0.29, 0.717) is 15.6 Å². The summed E-state index contributed by atoms with van der Waals surface area (Å²) in [5.41, 5.74) is 0.583. The van der Waals surface area contributed by atoms with E-state index in [9.17, 15) is 13.2 Å². The number of halogens is 2. The molecule has 1 aliphatic rings. The lowest BCUT2D eigenvalue weighted by Crippen LogP contribution is -2.43. The molecule has 0 saturated heterocycles. The maximum atomic E-state index is 13.2. The molecule has 5 nitrogen and oxygen atoms in total. The Morgan fingerprint density at radius 1 is 1.07 bits per heavy atom. The van der Waals surface area contributed by atoms with Crippen LogP contribution in [0.3, 0.4) is 0 Å². The van der Waals surface area contributed by atoms with Crippen LogP contribution in [0.5, 0.6) is 0 Å². The van der Waals surface area contributed by atoms with Crippen LogP contribution >= 0.6 is 23.2 Å². The predicted molar refractivity (Wildman–Crippen MR) is 111 cm³/mol. The number of sulfonamides is 1. The van der Waals surface area contributed by atoms with Crippen LogP contribution < -0.4 is 5.32 Å². The first kappa shape index (κ1) is 21.1. The molecule has 8 heteroatoms. The minimum absolute atomic E-state index is 0.0225. The van der Waals surface area contributed by atoms with Crippen molar-refractivity contribution in [3.63, 3.8) is 0 Å². The van der Waals surface area contributed by atoms with Gasteiger partial charge in [-0.05, 0) is 42.7 Å². The van der Waals surface area contributed by atoms with Gasteiger partial charge in [0.25, 0.3) is 0 Å². The molecule has 0 atom stereocenters. The van der Waals surface area contributed by atoms with Crippen molar-refractivity contribution in [3.05, 3.63) is 64.1 Å². The van der Waals surface area contributed by atoms with E-state index in [0.717, 1.165) is 30.0 Å². The van der Waals surface area contributed by atoms with Crippen molar-refractivity contribution in [2.75, 3.05) is 6.54 Å². The summed E-state index contributed by atoms with van der Waals surface area (Å²) in [5.74, 6) is -0.309. The summed E-state index contributed by atoms with van der Waals surface area (Å²) < 4.78 is 27.5. The van der Waals surface area contributed by atoms with E-state index >= 15 is 0 Å². The fourth-order valence-electron chi connectivity index (χ4n) is 3.31. The van der Waals surface area contributed by atoms with E-state index in [1.807, 2.05) is 0 Å². The lowest BCUT2D eigenvalue weighted by molar-refractivity contribution is -0.122. The first-order valence-corrected chi connectivity index (χ1v) is 11.3. The van der Waals surface area contributed by atoms with Crippen LogP contribution in [0, 0.1) is 0 Å². The van der Waals surface area contributed by atoms with Crippen LogP contribution in [0.1, 0.15) is 31.2 Å².